The summed E-state index contributed by atoms with van der Waals surface area (Å²) in [6, 6.07) is 9.90. The predicted molar refractivity (Wildman–Crippen MR) is 77.6 cm³/mol. The van der Waals surface area contributed by atoms with Gasteiger partial charge in [-0.25, -0.2) is 4.99 Å². The molecule has 1 fully saturated rings. The molecule has 0 unspecified atom stereocenters. The molecule has 2 heterocycles. The molecule has 0 radical (unpaired) electrons. The van der Waals surface area contributed by atoms with Crippen LogP contribution < -0.4 is 5.68 Å². The van der Waals surface area contributed by atoms with Crippen molar-refractivity contribution >= 4 is 11.6 Å². The average molecular weight is 270 g/mol. The van der Waals surface area contributed by atoms with Crippen LogP contribution in [0.1, 0.15) is 12.8 Å². The van der Waals surface area contributed by atoms with Gasteiger partial charge in [-0.3, -0.25) is 0 Å². The summed E-state index contributed by atoms with van der Waals surface area (Å²) in [7, 11) is 1.91. The number of oxazole rings is 1. The first kappa shape index (κ1) is 12.7. The van der Waals surface area contributed by atoms with Crippen molar-refractivity contribution in [3.63, 3.8) is 0 Å². The highest BCUT2D eigenvalue weighted by atomic mass is 16.3. The van der Waals surface area contributed by atoms with E-state index in [0.29, 0.717) is 5.68 Å². The largest absolute Gasteiger partial charge is 0.432 e. The maximum atomic E-state index is 5.38. The van der Waals surface area contributed by atoms with Gasteiger partial charge in [0.05, 0.1) is 5.69 Å². The number of rotatable bonds is 1. The molecule has 1 aromatic carbocycles. The number of likely N-dealkylation sites (tertiary alicyclic amines) is 1. The summed E-state index contributed by atoms with van der Waals surface area (Å²) in [5, 5.41) is 0. The molecule has 20 heavy (non-hydrogen) atoms. The van der Waals surface area contributed by atoms with Gasteiger partial charge in [-0.1, -0.05) is 18.2 Å². The van der Waals surface area contributed by atoms with Crippen molar-refractivity contribution < 1.29 is 4.42 Å². The normalized spacial score (nSPS) is 16.9. The van der Waals surface area contributed by atoms with Crippen molar-refractivity contribution in [2.45, 2.75) is 12.8 Å². The quantitative estimate of drug-likeness (QED) is 0.589. The van der Waals surface area contributed by atoms with Crippen LogP contribution >= 0.6 is 0 Å². The maximum absolute atomic E-state index is 5.38. The molecular weight excluding hydrogens is 252 g/mol. The van der Waals surface area contributed by atoms with Crippen LogP contribution in [0.15, 0.2) is 57.2 Å². The molecule has 1 aliphatic heterocycles. The summed E-state index contributed by atoms with van der Waals surface area (Å²) in [5.74, 6) is 0.722. The zero-order valence-corrected chi connectivity index (χ0v) is 11.6. The van der Waals surface area contributed by atoms with E-state index in [0.717, 1.165) is 24.7 Å². The third-order valence-corrected chi connectivity index (χ3v) is 3.33. The predicted octanol–water partition coefficient (Wildman–Crippen LogP) is 2.30. The topological polar surface area (TPSA) is 46.0 Å². The molecule has 0 aliphatic carbocycles. The Kier molecular flexibility index (Phi) is 3.67. The van der Waals surface area contributed by atoms with Gasteiger partial charge in [0, 0.05) is 26.3 Å². The van der Waals surface area contributed by atoms with Gasteiger partial charge in [-0.15, -0.1) is 0 Å². The molecule has 1 aliphatic rings. The molecule has 3 rings (SSSR count). The Labute approximate surface area is 117 Å². The van der Waals surface area contributed by atoms with Crippen LogP contribution in [0.25, 0.3) is 0 Å². The number of para-hydroxylation sites is 1. The molecule has 1 aromatic heterocycles. The van der Waals surface area contributed by atoms with E-state index in [9.17, 15) is 0 Å². The van der Waals surface area contributed by atoms with Crippen LogP contribution in [0.2, 0.25) is 0 Å². The summed E-state index contributed by atoms with van der Waals surface area (Å²) in [5.41, 5.74) is 1.47. The average Bonchev–Trinajstić information content (AvgIpc) is 3.12. The smallest absolute Gasteiger partial charge is 0.304 e. The fraction of sp³-hybridized carbons (Fsp3) is 0.333. The van der Waals surface area contributed by atoms with Gasteiger partial charge < -0.3 is 13.9 Å². The van der Waals surface area contributed by atoms with Crippen LogP contribution in [-0.2, 0) is 7.05 Å². The summed E-state index contributed by atoms with van der Waals surface area (Å²) >= 11 is 0. The Balaban J connectivity index is 2.00. The molecule has 5 heteroatoms. The van der Waals surface area contributed by atoms with Gasteiger partial charge in [0.25, 0.3) is 0 Å². The van der Waals surface area contributed by atoms with Gasteiger partial charge in [-0.05, 0) is 25.0 Å². The molecule has 0 spiro atoms. The second-order valence-corrected chi connectivity index (χ2v) is 4.85. The molecule has 5 nitrogen and oxygen atoms in total. The Morgan fingerprint density at radius 3 is 2.55 bits per heavy atom. The van der Waals surface area contributed by atoms with Crippen molar-refractivity contribution in [3.8, 4) is 0 Å². The van der Waals surface area contributed by atoms with E-state index in [1.54, 1.807) is 6.26 Å². The number of aryl methyl sites for hydroxylation is 1. The van der Waals surface area contributed by atoms with Gasteiger partial charge >= 0.3 is 5.68 Å². The van der Waals surface area contributed by atoms with Crippen LogP contribution in [0.3, 0.4) is 0 Å². The summed E-state index contributed by atoms with van der Waals surface area (Å²) in [6.07, 6.45) is 5.84. The molecule has 1 saturated heterocycles. The lowest BCUT2D eigenvalue weighted by atomic mass is 10.3. The molecule has 0 amide bonds. The lowest BCUT2D eigenvalue weighted by Gasteiger charge is -2.15. The number of guanidine groups is 1. The Bertz CT molecular complexity index is 648. The standard InChI is InChI=1S/C15H18N4O/c1-18-11-12-20-15(18)17-14(19-9-5-6-10-19)16-13-7-3-2-4-8-13/h2-4,7-8,11-12H,5-6,9-10H2,1H3/b16-14-,17-15+. The molecule has 104 valence electrons. The minimum Gasteiger partial charge on any atom is -0.432 e. The Morgan fingerprint density at radius 1 is 1.15 bits per heavy atom. The summed E-state index contributed by atoms with van der Waals surface area (Å²) in [6.45, 7) is 2.00. The number of aliphatic imine (C=N–C) groups is 1. The van der Waals surface area contributed by atoms with Crippen LogP contribution in [-0.4, -0.2) is 28.5 Å². The number of benzene rings is 1. The first-order valence-electron chi connectivity index (χ1n) is 6.86. The Hall–Kier alpha value is -2.30. The van der Waals surface area contributed by atoms with Gasteiger partial charge in [0.1, 0.15) is 6.26 Å². The van der Waals surface area contributed by atoms with E-state index in [-0.39, 0.29) is 0 Å². The second-order valence-electron chi connectivity index (χ2n) is 4.85. The monoisotopic (exact) mass is 270 g/mol. The van der Waals surface area contributed by atoms with Crippen molar-refractivity contribution in [1.29, 1.82) is 0 Å². The SMILES string of the molecule is Cn1cco/c1=N/C(=N/c1ccccc1)N1CCCC1. The molecular formula is C15H18N4O. The number of aromatic nitrogens is 1. The van der Waals surface area contributed by atoms with Crippen molar-refractivity contribution in [2.75, 3.05) is 13.1 Å². The highest BCUT2D eigenvalue weighted by Crippen LogP contribution is 2.15. The van der Waals surface area contributed by atoms with Gasteiger partial charge in [0.15, 0.2) is 0 Å². The second kappa shape index (κ2) is 5.77. The number of hydrogen-bond donors (Lipinski definition) is 0. The summed E-state index contributed by atoms with van der Waals surface area (Å²) < 4.78 is 7.22. The van der Waals surface area contributed by atoms with Crippen molar-refractivity contribution in [3.05, 3.63) is 48.5 Å². The number of hydrogen-bond acceptors (Lipinski definition) is 2. The number of nitrogens with zero attached hydrogens (tertiary/aromatic N) is 4. The molecule has 0 atom stereocenters. The van der Waals surface area contributed by atoms with E-state index >= 15 is 0 Å². The third-order valence-electron chi connectivity index (χ3n) is 3.33. The van der Waals surface area contributed by atoms with Crippen LogP contribution in [0.5, 0.6) is 0 Å². The minimum atomic E-state index is 0.562. The molecule has 0 saturated carbocycles. The van der Waals surface area contributed by atoms with Crippen molar-refractivity contribution in [1.82, 2.24) is 9.47 Å². The molecule has 0 N–H and O–H groups in total. The molecule has 2 aromatic rings. The fourth-order valence-electron chi connectivity index (χ4n) is 2.22. The Morgan fingerprint density at radius 2 is 1.90 bits per heavy atom. The zero-order chi connectivity index (χ0) is 13.8. The zero-order valence-electron chi connectivity index (χ0n) is 11.6. The highest BCUT2D eigenvalue weighted by molar-refractivity contribution is 5.83. The van der Waals surface area contributed by atoms with E-state index in [4.69, 9.17) is 4.42 Å². The van der Waals surface area contributed by atoms with Gasteiger partial charge in [-0.2, -0.15) is 4.99 Å². The van der Waals surface area contributed by atoms with Crippen molar-refractivity contribution in [2.24, 2.45) is 17.0 Å². The first-order chi connectivity index (χ1) is 9.83. The van der Waals surface area contributed by atoms with E-state index in [1.807, 2.05) is 48.1 Å². The minimum absolute atomic E-state index is 0.562. The fourth-order valence-corrected chi connectivity index (χ4v) is 2.22. The van der Waals surface area contributed by atoms with Gasteiger partial charge in [0.2, 0.25) is 5.96 Å². The highest BCUT2D eigenvalue weighted by Gasteiger charge is 2.16. The lowest BCUT2D eigenvalue weighted by molar-refractivity contribution is 0.464. The molecule has 0 bridgehead atoms. The third kappa shape index (κ3) is 2.82. The first-order valence-corrected chi connectivity index (χ1v) is 6.86. The van der Waals surface area contributed by atoms with Crippen LogP contribution in [0, 0.1) is 0 Å². The lowest BCUT2D eigenvalue weighted by Crippen LogP contribution is -2.29. The summed E-state index contributed by atoms with van der Waals surface area (Å²) in [4.78, 5) is 11.4. The van der Waals surface area contributed by atoms with Crippen LogP contribution in [0.4, 0.5) is 5.69 Å². The van der Waals surface area contributed by atoms with E-state index in [1.165, 1.54) is 12.8 Å². The van der Waals surface area contributed by atoms with E-state index in [2.05, 4.69) is 14.9 Å². The maximum Gasteiger partial charge on any atom is 0.304 e. The van der Waals surface area contributed by atoms with E-state index < -0.39 is 0 Å².